The number of fused-ring (bicyclic) bond motifs is 1. The van der Waals surface area contributed by atoms with E-state index in [9.17, 15) is 19.5 Å². The lowest BCUT2D eigenvalue weighted by Crippen LogP contribution is -2.70. The molecule has 130 valence electrons. The van der Waals surface area contributed by atoms with Gasteiger partial charge in [-0.05, 0) is 18.1 Å². The molecular formula is C18H18N2O4S. The Hall–Kier alpha value is -2.54. The number of carbonyl (C=O) groups excluding carboxylic acids is 2. The second-order valence-electron chi connectivity index (χ2n) is 5.80. The molecule has 2 aliphatic heterocycles. The average Bonchev–Trinajstić information content (AvgIpc) is 2.60. The maximum atomic E-state index is 12.4. The Bertz CT molecular complexity index is 773. The van der Waals surface area contributed by atoms with E-state index in [1.807, 2.05) is 30.3 Å². The first-order valence-electron chi connectivity index (χ1n) is 7.90. The summed E-state index contributed by atoms with van der Waals surface area (Å²) >= 11 is 1.46. The number of thioether (sulfide) groups is 1. The van der Waals surface area contributed by atoms with E-state index in [4.69, 9.17) is 0 Å². The molecular weight excluding hydrogens is 340 g/mol. The fourth-order valence-corrected chi connectivity index (χ4v) is 4.30. The van der Waals surface area contributed by atoms with Gasteiger partial charge in [0.05, 0.1) is 6.42 Å². The maximum Gasteiger partial charge on any atom is 0.352 e. The zero-order valence-corrected chi connectivity index (χ0v) is 14.5. The smallest absolute Gasteiger partial charge is 0.352 e. The number of carboxylic acid groups (broad SMARTS) is 1. The SMILES string of the molecule is CC=CC1=C(C(=O)O)N2C(=O)[C@@H](NC(=O)Cc3ccccc3)[C@H]2SC1. The summed E-state index contributed by atoms with van der Waals surface area (Å²) < 4.78 is 0. The monoisotopic (exact) mass is 358 g/mol. The van der Waals surface area contributed by atoms with Gasteiger partial charge in [-0.3, -0.25) is 14.5 Å². The molecule has 25 heavy (non-hydrogen) atoms. The molecule has 6 nitrogen and oxygen atoms in total. The normalized spacial score (nSPS) is 22.6. The molecule has 1 saturated heterocycles. The summed E-state index contributed by atoms with van der Waals surface area (Å²) in [6.07, 6.45) is 3.65. The first-order chi connectivity index (χ1) is 12.0. The van der Waals surface area contributed by atoms with Gasteiger partial charge in [-0.2, -0.15) is 0 Å². The zero-order valence-electron chi connectivity index (χ0n) is 13.6. The van der Waals surface area contributed by atoms with E-state index in [1.165, 1.54) is 16.7 Å². The van der Waals surface area contributed by atoms with Gasteiger partial charge >= 0.3 is 5.97 Å². The van der Waals surface area contributed by atoms with Gasteiger partial charge in [-0.25, -0.2) is 4.79 Å². The van der Waals surface area contributed by atoms with Gasteiger partial charge in [-0.1, -0.05) is 42.5 Å². The van der Waals surface area contributed by atoms with Crippen molar-refractivity contribution in [2.75, 3.05) is 5.75 Å². The predicted octanol–water partition coefficient (Wildman–Crippen LogP) is 1.54. The third-order valence-electron chi connectivity index (χ3n) is 4.09. The van der Waals surface area contributed by atoms with E-state index >= 15 is 0 Å². The van der Waals surface area contributed by atoms with E-state index in [0.29, 0.717) is 11.3 Å². The van der Waals surface area contributed by atoms with Gasteiger partial charge < -0.3 is 10.4 Å². The number of benzene rings is 1. The lowest BCUT2D eigenvalue weighted by molar-refractivity contribution is -0.150. The molecule has 0 aliphatic carbocycles. The van der Waals surface area contributed by atoms with Gasteiger partial charge in [0.1, 0.15) is 17.1 Å². The molecule has 2 N–H and O–H groups in total. The number of nitrogens with one attached hydrogen (secondary N) is 1. The lowest BCUT2D eigenvalue weighted by atomic mass is 10.0. The number of rotatable bonds is 5. The van der Waals surface area contributed by atoms with Crippen LogP contribution in [-0.4, -0.2) is 45.0 Å². The van der Waals surface area contributed by atoms with E-state index in [-0.39, 0.29) is 29.3 Å². The summed E-state index contributed by atoms with van der Waals surface area (Å²) in [4.78, 5) is 37.5. The van der Waals surface area contributed by atoms with Crippen LogP contribution in [0.2, 0.25) is 0 Å². The first kappa shape index (κ1) is 17.3. The molecule has 2 aliphatic rings. The summed E-state index contributed by atoms with van der Waals surface area (Å²) in [5, 5.41) is 11.8. The Morgan fingerprint density at radius 2 is 2.08 bits per heavy atom. The number of hydrogen-bond donors (Lipinski definition) is 2. The van der Waals surface area contributed by atoms with Gasteiger partial charge in [0.25, 0.3) is 5.91 Å². The van der Waals surface area contributed by atoms with Gasteiger partial charge in [-0.15, -0.1) is 11.8 Å². The molecule has 2 amide bonds. The highest BCUT2D eigenvalue weighted by Gasteiger charge is 2.53. The number of amides is 2. The molecule has 1 aromatic rings. The summed E-state index contributed by atoms with van der Waals surface area (Å²) in [6.45, 7) is 1.80. The summed E-state index contributed by atoms with van der Waals surface area (Å²) in [5.41, 5.74) is 1.49. The number of allylic oxidation sites excluding steroid dienone is 2. The first-order valence-corrected chi connectivity index (χ1v) is 8.95. The molecule has 2 heterocycles. The third-order valence-corrected chi connectivity index (χ3v) is 5.39. The Morgan fingerprint density at radius 1 is 1.36 bits per heavy atom. The highest BCUT2D eigenvalue weighted by Crippen LogP contribution is 2.40. The van der Waals surface area contributed by atoms with Crippen LogP contribution in [0.1, 0.15) is 12.5 Å². The second-order valence-corrected chi connectivity index (χ2v) is 6.90. The highest BCUT2D eigenvalue weighted by molar-refractivity contribution is 8.00. The van der Waals surface area contributed by atoms with Crippen molar-refractivity contribution in [3.05, 3.63) is 59.3 Å². The average molecular weight is 358 g/mol. The molecule has 3 rings (SSSR count). The lowest BCUT2D eigenvalue weighted by Gasteiger charge is -2.49. The van der Waals surface area contributed by atoms with Crippen LogP contribution >= 0.6 is 11.8 Å². The number of β-lactam (4-membered cyclic amide) rings is 1. The Morgan fingerprint density at radius 3 is 2.72 bits per heavy atom. The van der Waals surface area contributed by atoms with Crippen molar-refractivity contribution in [3.8, 4) is 0 Å². The minimum Gasteiger partial charge on any atom is -0.477 e. The largest absolute Gasteiger partial charge is 0.477 e. The molecule has 0 bridgehead atoms. The van der Waals surface area contributed by atoms with Crippen LogP contribution < -0.4 is 5.32 Å². The van der Waals surface area contributed by atoms with Crippen molar-refractivity contribution in [1.82, 2.24) is 10.2 Å². The second kappa shape index (κ2) is 7.14. The number of nitrogens with zero attached hydrogens (tertiary/aromatic N) is 1. The van der Waals surface area contributed by atoms with E-state index in [0.717, 1.165) is 5.56 Å². The number of hydrogen-bond acceptors (Lipinski definition) is 4. The van der Waals surface area contributed by atoms with Crippen molar-refractivity contribution in [2.24, 2.45) is 0 Å². The molecule has 7 heteroatoms. The van der Waals surface area contributed by atoms with Crippen LogP contribution in [0.5, 0.6) is 0 Å². The molecule has 0 saturated carbocycles. The van der Waals surface area contributed by atoms with Crippen LogP contribution in [0.15, 0.2) is 53.8 Å². The summed E-state index contributed by atoms with van der Waals surface area (Å²) in [6, 6.07) is 8.58. The van der Waals surface area contributed by atoms with Crippen LogP contribution in [0.4, 0.5) is 0 Å². The number of aliphatic carboxylic acids is 1. The van der Waals surface area contributed by atoms with E-state index < -0.39 is 12.0 Å². The van der Waals surface area contributed by atoms with Crippen LogP contribution in [0.3, 0.4) is 0 Å². The van der Waals surface area contributed by atoms with Crippen molar-refractivity contribution in [3.63, 3.8) is 0 Å². The molecule has 2 atom stereocenters. The van der Waals surface area contributed by atoms with E-state index in [2.05, 4.69) is 5.32 Å². The Labute approximate surface area is 149 Å². The Kier molecular flexibility index (Phi) is 4.94. The molecule has 0 spiro atoms. The molecule has 1 fully saturated rings. The fourth-order valence-electron chi connectivity index (χ4n) is 2.98. The van der Waals surface area contributed by atoms with Crippen LogP contribution in [0, 0.1) is 0 Å². The van der Waals surface area contributed by atoms with Gasteiger partial charge in [0, 0.05) is 5.75 Å². The van der Waals surface area contributed by atoms with Gasteiger partial charge in [0.2, 0.25) is 5.91 Å². The van der Waals surface area contributed by atoms with Crippen molar-refractivity contribution in [1.29, 1.82) is 0 Å². The maximum absolute atomic E-state index is 12.4. The molecule has 1 aromatic carbocycles. The Balaban J connectivity index is 1.71. The van der Waals surface area contributed by atoms with Crippen molar-refractivity contribution in [2.45, 2.75) is 24.8 Å². The zero-order chi connectivity index (χ0) is 18.0. The molecule has 0 radical (unpaired) electrons. The van der Waals surface area contributed by atoms with Crippen LogP contribution in [-0.2, 0) is 20.8 Å². The van der Waals surface area contributed by atoms with Crippen molar-refractivity contribution < 1.29 is 19.5 Å². The predicted molar refractivity (Wildman–Crippen MR) is 94.6 cm³/mol. The third kappa shape index (κ3) is 3.32. The minimum absolute atomic E-state index is 0.0143. The fraction of sp³-hybridized carbons (Fsp3) is 0.278. The summed E-state index contributed by atoms with van der Waals surface area (Å²) in [7, 11) is 0. The topological polar surface area (TPSA) is 86.7 Å². The highest BCUT2D eigenvalue weighted by atomic mass is 32.2. The minimum atomic E-state index is -1.12. The van der Waals surface area contributed by atoms with Crippen molar-refractivity contribution >= 4 is 29.5 Å². The molecule has 0 unspecified atom stereocenters. The number of carbonyl (C=O) groups is 3. The molecule has 0 aromatic heterocycles. The summed E-state index contributed by atoms with van der Waals surface area (Å²) in [5.74, 6) is -1.26. The van der Waals surface area contributed by atoms with E-state index in [1.54, 1.807) is 19.1 Å². The number of carboxylic acids is 1. The van der Waals surface area contributed by atoms with Crippen LogP contribution in [0.25, 0.3) is 0 Å². The quantitative estimate of drug-likeness (QED) is 0.780. The standard InChI is InChI=1S/C18H18N2O4S/c1-2-6-12-10-25-17-14(16(22)20(17)15(12)18(23)24)19-13(21)9-11-7-4-3-5-8-11/h2-8,14,17H,9-10H2,1H3,(H,19,21)(H,23,24)/t14-,17-/m1/s1. The van der Waals surface area contributed by atoms with Gasteiger partial charge in [0.15, 0.2) is 0 Å².